The second-order valence-electron chi connectivity index (χ2n) is 6.70. The molecule has 0 aliphatic carbocycles. The first kappa shape index (κ1) is 15.0. The molecular formula is C16H29N5. The molecule has 2 aliphatic heterocycles. The van der Waals surface area contributed by atoms with Gasteiger partial charge in [0.05, 0.1) is 5.69 Å². The van der Waals surface area contributed by atoms with E-state index in [-0.39, 0.29) is 0 Å². The summed E-state index contributed by atoms with van der Waals surface area (Å²) < 4.78 is 2.48. The number of fused-ring (bicyclic) bond motifs is 1. The van der Waals surface area contributed by atoms with Crippen molar-refractivity contribution in [3.05, 3.63) is 17.7 Å². The number of likely N-dealkylation sites (N-methyl/N-ethyl adjacent to an activating group) is 1. The van der Waals surface area contributed by atoms with Gasteiger partial charge in [0.15, 0.2) is 0 Å². The molecule has 0 N–H and O–H groups in total. The van der Waals surface area contributed by atoms with Crippen molar-refractivity contribution < 1.29 is 0 Å². The Morgan fingerprint density at radius 3 is 2.62 bits per heavy atom. The molecule has 0 saturated carbocycles. The predicted molar refractivity (Wildman–Crippen MR) is 85.4 cm³/mol. The van der Waals surface area contributed by atoms with Crippen molar-refractivity contribution in [3.8, 4) is 0 Å². The lowest BCUT2D eigenvalue weighted by Crippen LogP contribution is -2.34. The minimum absolute atomic E-state index is 1.09. The Labute approximate surface area is 128 Å². The molecular weight excluding hydrogens is 262 g/mol. The summed E-state index contributed by atoms with van der Waals surface area (Å²) in [5.74, 6) is 1.29. The third-order valence-electron chi connectivity index (χ3n) is 4.76. The summed E-state index contributed by atoms with van der Waals surface area (Å²) in [6, 6.07) is 0. The standard InChI is InChI=1S/C16H29N5/c1-18(2)9-10-19-8-5-16-17-13-15(21(16)12-11-19)14-20-6-3-4-7-20/h13H,3-12,14H2,1-2H3. The van der Waals surface area contributed by atoms with Crippen LogP contribution >= 0.6 is 0 Å². The largest absolute Gasteiger partial charge is 0.329 e. The highest BCUT2D eigenvalue weighted by molar-refractivity contribution is 5.08. The summed E-state index contributed by atoms with van der Waals surface area (Å²) in [5.41, 5.74) is 1.42. The summed E-state index contributed by atoms with van der Waals surface area (Å²) >= 11 is 0. The van der Waals surface area contributed by atoms with E-state index < -0.39 is 0 Å². The molecule has 1 aromatic heterocycles. The van der Waals surface area contributed by atoms with E-state index in [1.165, 1.54) is 44.0 Å². The molecule has 118 valence electrons. The second-order valence-corrected chi connectivity index (χ2v) is 6.70. The average molecular weight is 291 g/mol. The lowest BCUT2D eigenvalue weighted by atomic mass is 10.3. The van der Waals surface area contributed by atoms with Crippen molar-refractivity contribution in [2.45, 2.75) is 32.4 Å². The van der Waals surface area contributed by atoms with Crippen molar-refractivity contribution in [1.82, 2.24) is 24.3 Å². The summed E-state index contributed by atoms with van der Waals surface area (Å²) in [5, 5.41) is 0. The highest BCUT2D eigenvalue weighted by atomic mass is 15.2. The minimum Gasteiger partial charge on any atom is -0.329 e. The van der Waals surface area contributed by atoms with E-state index in [0.29, 0.717) is 0 Å². The zero-order chi connectivity index (χ0) is 14.7. The van der Waals surface area contributed by atoms with Gasteiger partial charge in [-0.25, -0.2) is 4.98 Å². The number of aromatic nitrogens is 2. The molecule has 3 rings (SSSR count). The SMILES string of the molecule is CN(C)CCN1CCc2ncc(CN3CCCC3)n2CC1. The fourth-order valence-corrected chi connectivity index (χ4v) is 3.40. The molecule has 5 nitrogen and oxygen atoms in total. The number of likely N-dealkylation sites (tertiary alicyclic amines) is 1. The van der Waals surface area contributed by atoms with E-state index in [9.17, 15) is 0 Å². The van der Waals surface area contributed by atoms with Gasteiger partial charge in [-0.05, 0) is 40.0 Å². The fourth-order valence-electron chi connectivity index (χ4n) is 3.40. The number of hydrogen-bond donors (Lipinski definition) is 0. The summed E-state index contributed by atoms with van der Waals surface area (Å²) in [6.45, 7) is 9.32. The molecule has 0 aromatic carbocycles. The third kappa shape index (κ3) is 3.84. The van der Waals surface area contributed by atoms with Gasteiger partial charge in [0, 0.05) is 51.9 Å². The lowest BCUT2D eigenvalue weighted by Gasteiger charge is -2.22. The highest BCUT2D eigenvalue weighted by Gasteiger charge is 2.19. The van der Waals surface area contributed by atoms with Crippen LogP contribution in [0.25, 0.3) is 0 Å². The van der Waals surface area contributed by atoms with Gasteiger partial charge in [0.2, 0.25) is 0 Å². The van der Waals surface area contributed by atoms with Crippen LogP contribution in [0.4, 0.5) is 0 Å². The van der Waals surface area contributed by atoms with Gasteiger partial charge in [0.25, 0.3) is 0 Å². The first-order valence-electron chi connectivity index (χ1n) is 8.35. The van der Waals surface area contributed by atoms with Crippen molar-refractivity contribution in [3.63, 3.8) is 0 Å². The van der Waals surface area contributed by atoms with E-state index in [1.807, 2.05) is 0 Å². The average Bonchev–Trinajstić information content (AvgIpc) is 3.05. The molecule has 0 unspecified atom stereocenters. The summed E-state index contributed by atoms with van der Waals surface area (Å²) in [6.07, 6.45) is 5.93. The van der Waals surface area contributed by atoms with E-state index in [1.54, 1.807) is 0 Å². The topological polar surface area (TPSA) is 27.5 Å². The van der Waals surface area contributed by atoms with Crippen LogP contribution < -0.4 is 0 Å². The van der Waals surface area contributed by atoms with Crippen LogP contribution in [-0.4, -0.2) is 77.6 Å². The maximum Gasteiger partial charge on any atom is 0.110 e. The number of hydrogen-bond acceptors (Lipinski definition) is 4. The molecule has 0 radical (unpaired) electrons. The molecule has 2 aliphatic rings. The molecule has 0 atom stereocenters. The molecule has 1 saturated heterocycles. The Kier molecular flexibility index (Phi) is 4.93. The molecule has 1 aromatic rings. The number of imidazole rings is 1. The molecule has 21 heavy (non-hydrogen) atoms. The molecule has 5 heteroatoms. The van der Waals surface area contributed by atoms with E-state index in [2.05, 4.69) is 44.5 Å². The van der Waals surface area contributed by atoms with Crippen LogP contribution in [0.1, 0.15) is 24.4 Å². The fraction of sp³-hybridized carbons (Fsp3) is 0.812. The van der Waals surface area contributed by atoms with Crippen LogP contribution in [0.5, 0.6) is 0 Å². The zero-order valence-electron chi connectivity index (χ0n) is 13.6. The molecule has 0 amide bonds. The number of nitrogens with zero attached hydrogens (tertiary/aromatic N) is 5. The van der Waals surface area contributed by atoms with Crippen LogP contribution in [0.2, 0.25) is 0 Å². The lowest BCUT2D eigenvalue weighted by molar-refractivity contribution is 0.243. The first-order valence-corrected chi connectivity index (χ1v) is 8.35. The Hall–Kier alpha value is -0.910. The van der Waals surface area contributed by atoms with Gasteiger partial charge in [-0.1, -0.05) is 0 Å². The maximum absolute atomic E-state index is 4.69. The van der Waals surface area contributed by atoms with Crippen LogP contribution in [-0.2, 0) is 19.5 Å². The molecule has 0 bridgehead atoms. The van der Waals surface area contributed by atoms with Gasteiger partial charge in [-0.3, -0.25) is 9.80 Å². The van der Waals surface area contributed by atoms with Gasteiger partial charge in [0.1, 0.15) is 5.82 Å². The first-order chi connectivity index (χ1) is 10.2. The Morgan fingerprint density at radius 2 is 1.86 bits per heavy atom. The Morgan fingerprint density at radius 1 is 1.05 bits per heavy atom. The molecule has 3 heterocycles. The number of rotatable bonds is 5. The van der Waals surface area contributed by atoms with E-state index >= 15 is 0 Å². The molecule has 0 spiro atoms. The summed E-state index contributed by atoms with van der Waals surface area (Å²) in [4.78, 5) is 12.1. The normalized spacial score (nSPS) is 20.9. The van der Waals surface area contributed by atoms with Gasteiger partial charge in [-0.2, -0.15) is 0 Å². The van der Waals surface area contributed by atoms with Gasteiger partial charge >= 0.3 is 0 Å². The maximum atomic E-state index is 4.69. The van der Waals surface area contributed by atoms with Crippen molar-refractivity contribution in [2.24, 2.45) is 0 Å². The van der Waals surface area contributed by atoms with Crippen molar-refractivity contribution >= 4 is 0 Å². The van der Waals surface area contributed by atoms with Crippen LogP contribution in [0.15, 0.2) is 6.20 Å². The monoisotopic (exact) mass is 291 g/mol. The highest BCUT2D eigenvalue weighted by Crippen LogP contribution is 2.16. The Bertz CT molecular complexity index is 448. The molecule has 1 fully saturated rings. The van der Waals surface area contributed by atoms with Gasteiger partial charge < -0.3 is 9.47 Å². The van der Waals surface area contributed by atoms with Crippen LogP contribution in [0.3, 0.4) is 0 Å². The van der Waals surface area contributed by atoms with E-state index in [0.717, 1.165) is 39.1 Å². The quantitative estimate of drug-likeness (QED) is 0.805. The van der Waals surface area contributed by atoms with E-state index in [4.69, 9.17) is 0 Å². The second kappa shape index (κ2) is 6.90. The predicted octanol–water partition coefficient (Wildman–Crippen LogP) is 0.899. The van der Waals surface area contributed by atoms with Crippen molar-refractivity contribution in [2.75, 3.05) is 53.4 Å². The van der Waals surface area contributed by atoms with Gasteiger partial charge in [-0.15, -0.1) is 0 Å². The van der Waals surface area contributed by atoms with Crippen molar-refractivity contribution in [1.29, 1.82) is 0 Å². The minimum atomic E-state index is 1.09. The van der Waals surface area contributed by atoms with Crippen LogP contribution in [0, 0.1) is 0 Å². The zero-order valence-corrected chi connectivity index (χ0v) is 13.6. The summed E-state index contributed by atoms with van der Waals surface area (Å²) in [7, 11) is 4.30. The smallest absolute Gasteiger partial charge is 0.110 e. The third-order valence-corrected chi connectivity index (χ3v) is 4.76. The Balaban J connectivity index is 1.59.